The van der Waals surface area contributed by atoms with Crippen molar-refractivity contribution >= 4 is 33.1 Å². The third kappa shape index (κ3) is 3.33. The molecule has 3 N–H and O–H groups in total. The van der Waals surface area contributed by atoms with Crippen molar-refractivity contribution in [2.24, 2.45) is 10.8 Å². The van der Waals surface area contributed by atoms with E-state index in [-0.39, 0.29) is 5.69 Å². The summed E-state index contributed by atoms with van der Waals surface area (Å²) in [6, 6.07) is 13.6. The zero-order valence-corrected chi connectivity index (χ0v) is 11.9. The number of nitrogens with zero attached hydrogens (tertiary/aromatic N) is 2. The lowest BCUT2D eigenvalue weighted by Gasteiger charge is -2.05. The van der Waals surface area contributed by atoms with Gasteiger partial charge in [-0.3, -0.25) is 15.5 Å². The number of rotatable bonds is 4. The average molecular weight is 335 g/mol. The maximum absolute atomic E-state index is 10.6. The minimum absolute atomic E-state index is 0.00226. The highest BCUT2D eigenvalue weighted by atomic mass is 79.9. The topological polar surface area (TPSA) is 93.5 Å². The minimum Gasteiger partial charge on any atom is -0.382 e. The van der Waals surface area contributed by atoms with Crippen molar-refractivity contribution in [1.29, 1.82) is 0 Å². The molecule has 0 fully saturated rings. The van der Waals surface area contributed by atoms with Gasteiger partial charge in [0.05, 0.1) is 10.6 Å². The third-order valence-corrected chi connectivity index (χ3v) is 3.19. The fourth-order valence-corrected chi connectivity index (χ4v) is 1.96. The molecule has 2 aromatic rings. The second-order valence-corrected chi connectivity index (χ2v) is 4.75. The molecule has 7 heteroatoms. The standard InChI is InChI=1S/C13H11BrN4O2/c14-11-8-10(18(19)20)6-7-12(11)16-17-13(15)9-4-2-1-3-5-9/h1-8,16H,(H2,15,17). The Bertz CT molecular complexity index is 659. The Morgan fingerprint density at radius 2 is 1.95 bits per heavy atom. The van der Waals surface area contributed by atoms with Crippen LogP contribution in [0.4, 0.5) is 11.4 Å². The van der Waals surface area contributed by atoms with E-state index >= 15 is 0 Å². The largest absolute Gasteiger partial charge is 0.382 e. The number of nitro benzene ring substituents is 1. The molecule has 0 radical (unpaired) electrons. The summed E-state index contributed by atoms with van der Waals surface area (Å²) in [5.41, 5.74) is 9.99. The number of benzene rings is 2. The molecule has 0 aliphatic carbocycles. The molecule has 2 aromatic carbocycles. The summed E-state index contributed by atoms with van der Waals surface area (Å²) in [5, 5.41) is 14.7. The molecule has 0 heterocycles. The summed E-state index contributed by atoms with van der Waals surface area (Å²) in [6.45, 7) is 0. The van der Waals surface area contributed by atoms with Crippen LogP contribution in [0.5, 0.6) is 0 Å². The van der Waals surface area contributed by atoms with Gasteiger partial charge in [-0.1, -0.05) is 30.3 Å². The van der Waals surface area contributed by atoms with E-state index in [2.05, 4.69) is 26.5 Å². The van der Waals surface area contributed by atoms with Crippen molar-refractivity contribution in [2.75, 3.05) is 5.43 Å². The van der Waals surface area contributed by atoms with Crippen molar-refractivity contribution < 1.29 is 4.92 Å². The number of amidine groups is 1. The molecule has 0 aliphatic heterocycles. The van der Waals surface area contributed by atoms with Crippen LogP contribution in [0, 0.1) is 10.1 Å². The molecular formula is C13H11BrN4O2. The van der Waals surface area contributed by atoms with Gasteiger partial charge in [-0.05, 0) is 22.0 Å². The number of anilines is 1. The average Bonchev–Trinajstić information content (AvgIpc) is 2.46. The maximum atomic E-state index is 10.6. The number of nitrogens with one attached hydrogen (secondary N) is 1. The van der Waals surface area contributed by atoms with Crippen LogP contribution >= 0.6 is 15.9 Å². The quantitative estimate of drug-likeness (QED) is 0.389. The fourth-order valence-electron chi connectivity index (χ4n) is 1.50. The molecule has 20 heavy (non-hydrogen) atoms. The Balaban J connectivity index is 2.17. The van der Waals surface area contributed by atoms with Crippen molar-refractivity contribution in [3.63, 3.8) is 0 Å². The lowest BCUT2D eigenvalue weighted by atomic mass is 10.2. The summed E-state index contributed by atoms with van der Waals surface area (Å²) in [4.78, 5) is 10.2. The summed E-state index contributed by atoms with van der Waals surface area (Å²) in [7, 11) is 0. The Morgan fingerprint density at radius 1 is 1.25 bits per heavy atom. The summed E-state index contributed by atoms with van der Waals surface area (Å²) in [6.07, 6.45) is 0. The predicted octanol–water partition coefficient (Wildman–Crippen LogP) is 3.09. The third-order valence-electron chi connectivity index (χ3n) is 2.53. The Labute approximate surface area is 123 Å². The van der Waals surface area contributed by atoms with Gasteiger partial charge in [0.1, 0.15) is 0 Å². The molecule has 6 nitrogen and oxygen atoms in total. The molecule has 0 unspecified atom stereocenters. The SMILES string of the molecule is N/C(=N\Nc1ccc([N+](=O)[O-])cc1Br)c1ccccc1. The number of nitrogens with two attached hydrogens (primary N) is 1. The second-order valence-electron chi connectivity index (χ2n) is 3.90. The van der Waals surface area contributed by atoms with E-state index in [9.17, 15) is 10.1 Å². The van der Waals surface area contributed by atoms with E-state index in [0.29, 0.717) is 16.0 Å². The molecule has 0 aliphatic rings. The first-order valence-electron chi connectivity index (χ1n) is 5.66. The predicted molar refractivity (Wildman–Crippen MR) is 81.6 cm³/mol. The monoisotopic (exact) mass is 334 g/mol. The molecule has 0 atom stereocenters. The second kappa shape index (κ2) is 6.16. The van der Waals surface area contributed by atoms with Gasteiger partial charge in [-0.25, -0.2) is 0 Å². The summed E-state index contributed by atoms with van der Waals surface area (Å²) in [5.74, 6) is 0.329. The molecule has 0 saturated heterocycles. The summed E-state index contributed by atoms with van der Waals surface area (Å²) >= 11 is 3.24. The van der Waals surface area contributed by atoms with Crippen LogP contribution in [0.2, 0.25) is 0 Å². The molecule has 0 bridgehead atoms. The van der Waals surface area contributed by atoms with Gasteiger partial charge in [0.25, 0.3) is 5.69 Å². The van der Waals surface area contributed by atoms with Crippen molar-refractivity contribution in [3.8, 4) is 0 Å². The van der Waals surface area contributed by atoms with Gasteiger partial charge in [-0.15, -0.1) is 0 Å². The van der Waals surface area contributed by atoms with E-state index in [1.165, 1.54) is 12.1 Å². The number of hydrogen-bond acceptors (Lipinski definition) is 4. The van der Waals surface area contributed by atoms with E-state index in [0.717, 1.165) is 5.56 Å². The highest BCUT2D eigenvalue weighted by Gasteiger charge is 2.08. The van der Waals surface area contributed by atoms with Gasteiger partial charge in [0.15, 0.2) is 5.84 Å². The van der Waals surface area contributed by atoms with E-state index in [1.807, 2.05) is 30.3 Å². The molecule has 102 valence electrons. The zero-order valence-electron chi connectivity index (χ0n) is 10.3. The van der Waals surface area contributed by atoms with Gasteiger partial charge in [-0.2, -0.15) is 5.10 Å². The van der Waals surface area contributed by atoms with Gasteiger partial charge in [0, 0.05) is 22.2 Å². The number of hydrogen-bond donors (Lipinski definition) is 2. The van der Waals surface area contributed by atoms with E-state index < -0.39 is 4.92 Å². The van der Waals surface area contributed by atoms with Gasteiger partial charge >= 0.3 is 0 Å². The van der Waals surface area contributed by atoms with Gasteiger partial charge in [0.2, 0.25) is 0 Å². The Kier molecular flexibility index (Phi) is 4.31. The summed E-state index contributed by atoms with van der Waals surface area (Å²) < 4.78 is 0.538. The molecule has 0 saturated carbocycles. The minimum atomic E-state index is -0.462. The molecule has 0 spiro atoms. The van der Waals surface area contributed by atoms with Crippen LogP contribution < -0.4 is 11.2 Å². The van der Waals surface area contributed by atoms with E-state index in [1.54, 1.807) is 6.07 Å². The van der Waals surface area contributed by atoms with Crippen LogP contribution in [0.25, 0.3) is 0 Å². The number of nitro groups is 1. The van der Waals surface area contributed by atoms with Crippen LogP contribution in [-0.2, 0) is 0 Å². The van der Waals surface area contributed by atoms with Crippen LogP contribution in [0.1, 0.15) is 5.56 Å². The Morgan fingerprint density at radius 3 is 2.55 bits per heavy atom. The molecule has 2 rings (SSSR count). The van der Waals surface area contributed by atoms with Crippen molar-refractivity contribution in [1.82, 2.24) is 0 Å². The number of halogens is 1. The highest BCUT2D eigenvalue weighted by molar-refractivity contribution is 9.10. The first-order valence-corrected chi connectivity index (χ1v) is 6.46. The maximum Gasteiger partial charge on any atom is 0.270 e. The van der Waals surface area contributed by atoms with Crippen molar-refractivity contribution in [3.05, 3.63) is 68.7 Å². The lowest BCUT2D eigenvalue weighted by Crippen LogP contribution is -2.15. The number of hydrazone groups is 1. The normalized spacial score (nSPS) is 11.2. The van der Waals surface area contributed by atoms with Crippen LogP contribution in [0.3, 0.4) is 0 Å². The van der Waals surface area contributed by atoms with Crippen LogP contribution in [0.15, 0.2) is 58.1 Å². The van der Waals surface area contributed by atoms with E-state index in [4.69, 9.17) is 5.73 Å². The molecule has 0 amide bonds. The highest BCUT2D eigenvalue weighted by Crippen LogP contribution is 2.27. The molecule has 0 aromatic heterocycles. The Hall–Kier alpha value is -2.41. The smallest absolute Gasteiger partial charge is 0.270 e. The van der Waals surface area contributed by atoms with Gasteiger partial charge < -0.3 is 5.73 Å². The van der Waals surface area contributed by atoms with Crippen molar-refractivity contribution in [2.45, 2.75) is 0 Å². The first-order chi connectivity index (χ1) is 9.58. The number of non-ortho nitro benzene ring substituents is 1. The zero-order chi connectivity index (χ0) is 14.5. The molecular weight excluding hydrogens is 324 g/mol. The van der Waals surface area contributed by atoms with Crippen LogP contribution in [-0.4, -0.2) is 10.8 Å². The first kappa shape index (κ1) is 14.0. The fraction of sp³-hybridized carbons (Fsp3) is 0. The lowest BCUT2D eigenvalue weighted by molar-refractivity contribution is -0.384.